The molecule has 0 aliphatic rings. The summed E-state index contributed by atoms with van der Waals surface area (Å²) in [6, 6.07) is 9.10. The summed E-state index contributed by atoms with van der Waals surface area (Å²) in [4.78, 5) is 11.3. The number of hydrogen-bond acceptors (Lipinski definition) is 3. The number of carbonyl (C=O) groups is 1. The fraction of sp³-hybridized carbons (Fsp3) is 0.417. The van der Waals surface area contributed by atoms with E-state index < -0.39 is 6.09 Å². The number of benzene rings is 1. The zero-order valence-electron chi connectivity index (χ0n) is 9.48. The Morgan fingerprint density at radius 1 is 1.44 bits per heavy atom. The van der Waals surface area contributed by atoms with Gasteiger partial charge >= 0.3 is 6.09 Å². The molecule has 1 unspecified atom stereocenters. The van der Waals surface area contributed by atoms with E-state index in [1.807, 2.05) is 25.1 Å². The average molecular weight is 222 g/mol. The van der Waals surface area contributed by atoms with E-state index in [0.29, 0.717) is 12.3 Å². The highest BCUT2D eigenvalue weighted by Gasteiger charge is 2.04. The van der Waals surface area contributed by atoms with Crippen LogP contribution in [0.2, 0.25) is 0 Å². The highest BCUT2D eigenvalue weighted by atomic mass is 16.5. The van der Waals surface area contributed by atoms with E-state index in [0.717, 1.165) is 12.8 Å². The number of ether oxygens (including phenoxy) is 1. The monoisotopic (exact) mass is 222 g/mol. The van der Waals surface area contributed by atoms with Crippen LogP contribution < -0.4 is 15.8 Å². The largest absolute Gasteiger partial charge is 0.412 e. The third-order valence-corrected chi connectivity index (χ3v) is 2.26. The second-order valence-electron chi connectivity index (χ2n) is 3.59. The van der Waals surface area contributed by atoms with Crippen LogP contribution in [0.3, 0.4) is 0 Å². The Bertz CT molecular complexity index is 314. The molecule has 1 amide bonds. The lowest BCUT2D eigenvalue weighted by Crippen LogP contribution is -2.31. The molecule has 1 rings (SSSR count). The van der Waals surface area contributed by atoms with Crippen LogP contribution in [0.4, 0.5) is 4.79 Å². The van der Waals surface area contributed by atoms with Crippen molar-refractivity contribution < 1.29 is 9.53 Å². The summed E-state index contributed by atoms with van der Waals surface area (Å²) in [6.07, 6.45) is 1.24. The second-order valence-corrected chi connectivity index (χ2v) is 3.59. The Morgan fingerprint density at radius 3 is 2.75 bits per heavy atom. The fourth-order valence-corrected chi connectivity index (χ4v) is 1.20. The fourth-order valence-electron chi connectivity index (χ4n) is 1.20. The molecule has 0 heterocycles. The van der Waals surface area contributed by atoms with Gasteiger partial charge in [0.15, 0.2) is 0 Å². The summed E-state index contributed by atoms with van der Waals surface area (Å²) in [7, 11) is 0. The minimum absolute atomic E-state index is 0.136. The zero-order chi connectivity index (χ0) is 11.8. The van der Waals surface area contributed by atoms with Gasteiger partial charge in [-0.3, -0.25) is 0 Å². The molecule has 0 fully saturated rings. The highest BCUT2D eigenvalue weighted by molar-refractivity contribution is 5.70. The molecule has 3 N–H and O–H groups in total. The van der Waals surface area contributed by atoms with Crippen molar-refractivity contribution in [1.82, 2.24) is 5.32 Å². The third kappa shape index (κ3) is 4.79. The molecule has 0 saturated carbocycles. The third-order valence-electron chi connectivity index (χ3n) is 2.26. The predicted octanol–water partition coefficient (Wildman–Crippen LogP) is 1.90. The number of para-hydroxylation sites is 1. The highest BCUT2D eigenvalue weighted by Crippen LogP contribution is 2.07. The molecule has 1 aromatic carbocycles. The van der Waals surface area contributed by atoms with Crippen LogP contribution in [0.25, 0.3) is 0 Å². The van der Waals surface area contributed by atoms with E-state index in [4.69, 9.17) is 10.5 Å². The van der Waals surface area contributed by atoms with Crippen molar-refractivity contribution in [3.8, 4) is 5.75 Å². The Morgan fingerprint density at radius 2 is 2.12 bits per heavy atom. The Hall–Kier alpha value is -1.55. The lowest BCUT2D eigenvalue weighted by molar-refractivity contribution is 0.200. The van der Waals surface area contributed by atoms with Crippen LogP contribution in [-0.4, -0.2) is 18.7 Å². The van der Waals surface area contributed by atoms with Gasteiger partial charge in [0.25, 0.3) is 0 Å². The van der Waals surface area contributed by atoms with Gasteiger partial charge in [0.1, 0.15) is 5.75 Å². The van der Waals surface area contributed by atoms with Crippen LogP contribution in [0.1, 0.15) is 19.8 Å². The minimum atomic E-state index is -0.436. The van der Waals surface area contributed by atoms with Crippen LogP contribution in [0.15, 0.2) is 30.3 Å². The molecule has 1 aromatic rings. The molecule has 4 nitrogen and oxygen atoms in total. The van der Waals surface area contributed by atoms with E-state index in [9.17, 15) is 4.79 Å². The van der Waals surface area contributed by atoms with Crippen molar-refractivity contribution in [2.24, 2.45) is 5.73 Å². The maximum Gasteiger partial charge on any atom is 0.412 e. The van der Waals surface area contributed by atoms with Gasteiger partial charge in [0.05, 0.1) is 0 Å². The smallest absolute Gasteiger partial charge is 0.410 e. The SMILES string of the molecule is CCC(N)CCNC(=O)Oc1ccccc1. The van der Waals surface area contributed by atoms with Crippen LogP contribution in [0, 0.1) is 0 Å². The van der Waals surface area contributed by atoms with Crippen molar-refractivity contribution >= 4 is 6.09 Å². The zero-order valence-corrected chi connectivity index (χ0v) is 9.48. The van der Waals surface area contributed by atoms with Gasteiger partial charge in [-0.1, -0.05) is 25.1 Å². The first-order valence-corrected chi connectivity index (χ1v) is 5.48. The van der Waals surface area contributed by atoms with Crippen molar-refractivity contribution in [2.75, 3.05) is 6.54 Å². The summed E-state index contributed by atoms with van der Waals surface area (Å²) in [5, 5.41) is 2.66. The van der Waals surface area contributed by atoms with E-state index in [1.165, 1.54) is 0 Å². The second kappa shape index (κ2) is 6.85. The Balaban J connectivity index is 2.21. The minimum Gasteiger partial charge on any atom is -0.410 e. The lowest BCUT2D eigenvalue weighted by Gasteiger charge is -2.09. The molecule has 0 spiro atoms. The van der Waals surface area contributed by atoms with Gasteiger partial charge in [-0.2, -0.15) is 0 Å². The number of carbonyl (C=O) groups excluding carboxylic acids is 1. The van der Waals surface area contributed by atoms with Crippen LogP contribution in [-0.2, 0) is 0 Å². The maximum absolute atomic E-state index is 11.3. The number of nitrogens with one attached hydrogen (secondary N) is 1. The van der Waals surface area contributed by atoms with E-state index in [-0.39, 0.29) is 6.04 Å². The molecule has 88 valence electrons. The topological polar surface area (TPSA) is 64.3 Å². The first-order valence-electron chi connectivity index (χ1n) is 5.48. The van der Waals surface area contributed by atoms with E-state index in [1.54, 1.807) is 12.1 Å². The van der Waals surface area contributed by atoms with Crippen molar-refractivity contribution in [3.63, 3.8) is 0 Å². The number of amides is 1. The first kappa shape index (κ1) is 12.5. The molecular weight excluding hydrogens is 204 g/mol. The lowest BCUT2D eigenvalue weighted by atomic mass is 10.2. The normalized spacial score (nSPS) is 11.9. The van der Waals surface area contributed by atoms with Gasteiger partial charge < -0.3 is 15.8 Å². The first-order chi connectivity index (χ1) is 7.72. The average Bonchev–Trinajstić information content (AvgIpc) is 2.30. The van der Waals surface area contributed by atoms with Crippen molar-refractivity contribution in [3.05, 3.63) is 30.3 Å². The summed E-state index contributed by atoms with van der Waals surface area (Å²) in [5.41, 5.74) is 5.72. The van der Waals surface area contributed by atoms with Gasteiger partial charge in [0.2, 0.25) is 0 Å². The van der Waals surface area contributed by atoms with Crippen molar-refractivity contribution in [1.29, 1.82) is 0 Å². The number of rotatable bonds is 5. The quantitative estimate of drug-likeness (QED) is 0.799. The Kier molecular flexibility index (Phi) is 5.36. The summed E-state index contributed by atoms with van der Waals surface area (Å²) in [5.74, 6) is 0.541. The van der Waals surface area contributed by atoms with Gasteiger partial charge in [-0.15, -0.1) is 0 Å². The Labute approximate surface area is 95.8 Å². The van der Waals surface area contributed by atoms with Crippen LogP contribution in [0.5, 0.6) is 5.75 Å². The molecule has 0 aliphatic heterocycles. The van der Waals surface area contributed by atoms with Gasteiger partial charge in [-0.05, 0) is 25.0 Å². The standard InChI is InChI=1S/C12H18N2O2/c1-2-10(13)8-9-14-12(15)16-11-6-4-3-5-7-11/h3-7,10H,2,8-9,13H2,1H3,(H,14,15). The van der Waals surface area contributed by atoms with Gasteiger partial charge in [-0.25, -0.2) is 4.79 Å². The van der Waals surface area contributed by atoms with E-state index in [2.05, 4.69) is 5.32 Å². The molecule has 0 radical (unpaired) electrons. The molecule has 0 aromatic heterocycles. The molecule has 0 aliphatic carbocycles. The number of nitrogens with two attached hydrogens (primary N) is 1. The molecule has 0 saturated heterocycles. The van der Waals surface area contributed by atoms with Crippen LogP contribution >= 0.6 is 0 Å². The van der Waals surface area contributed by atoms with Gasteiger partial charge in [0, 0.05) is 12.6 Å². The summed E-state index contributed by atoms with van der Waals surface area (Å²) in [6.45, 7) is 2.56. The number of hydrogen-bond donors (Lipinski definition) is 2. The molecule has 16 heavy (non-hydrogen) atoms. The molecule has 4 heteroatoms. The molecule has 0 bridgehead atoms. The maximum atomic E-state index is 11.3. The predicted molar refractivity (Wildman–Crippen MR) is 63.4 cm³/mol. The summed E-state index contributed by atoms with van der Waals surface area (Å²) < 4.78 is 5.04. The summed E-state index contributed by atoms with van der Waals surface area (Å²) >= 11 is 0. The van der Waals surface area contributed by atoms with Crippen molar-refractivity contribution in [2.45, 2.75) is 25.8 Å². The molecule has 1 atom stereocenters. The molecular formula is C12H18N2O2. The van der Waals surface area contributed by atoms with E-state index >= 15 is 0 Å².